The number of benzene rings is 2. The van der Waals surface area contributed by atoms with Crippen LogP contribution < -0.4 is 42.2 Å². The van der Waals surface area contributed by atoms with Gasteiger partial charge in [-0.1, -0.05) is 71.7 Å². The van der Waals surface area contributed by atoms with E-state index < -0.39 is 48.0 Å². The van der Waals surface area contributed by atoms with E-state index in [2.05, 4.69) is 36.2 Å². The average Bonchev–Trinajstić information content (AvgIpc) is 4.04. The number of aliphatic hydroxyl groups excluding tert-OH is 1. The molecule has 25 heteroatoms. The van der Waals surface area contributed by atoms with Crippen molar-refractivity contribution >= 4 is 58.3 Å². The van der Waals surface area contributed by atoms with Gasteiger partial charge in [-0.2, -0.15) is 15.0 Å². The fourth-order valence-electron chi connectivity index (χ4n) is 8.52. The first-order valence-corrected chi connectivity index (χ1v) is 27.6. The number of nitrogens with zero attached hydrogens (tertiary/aromatic N) is 5. The van der Waals surface area contributed by atoms with Crippen molar-refractivity contribution in [3.05, 3.63) is 71.3 Å². The van der Waals surface area contributed by atoms with Crippen LogP contribution in [0, 0.1) is 11.8 Å². The molecule has 6 amide bonds. The Morgan fingerprint density at radius 3 is 2.12 bits per heavy atom. The number of alkyl carbamates (subject to hydrolysis) is 1. The second kappa shape index (κ2) is 33.3. The maximum atomic E-state index is 13.7. The van der Waals surface area contributed by atoms with Crippen LogP contribution >= 0.6 is 0 Å². The molecular formula is C56H81N11O14. The molecule has 2 aromatic carbocycles. The number of ether oxygens (including phenoxy) is 6. The Bertz CT molecular complexity index is 2700. The Kier molecular flexibility index (Phi) is 26.5. The zero-order valence-corrected chi connectivity index (χ0v) is 47.3. The lowest BCUT2D eigenvalue weighted by molar-refractivity contribution is -0.137. The van der Waals surface area contributed by atoms with Crippen molar-refractivity contribution in [3.8, 4) is 17.8 Å². The van der Waals surface area contributed by atoms with Gasteiger partial charge in [0.05, 0.1) is 78.6 Å². The SMILES string of the molecule is CCCCOc1nc(N)c2nc(O)n(Cc3ccc(CC(O)[C@@H](NC(=O)OCc4ccc(NC(=O)[C@H](CCCCN)NC(=O)[C@@H](NC(=O)CCOCCOCCOCCN5C(=O)C=CC5=O)C(C)C)cc4)[C@@H](C)CC)cc3OC)c2n1. The molecule has 5 rings (SSSR count). The standard InChI is InChI=1S/C56H81N11O14/c1-7-9-24-80-54-64-50(58)49-51(65-54)67(55(74)62-49)33-39-16-13-38(32-43(39)76-6)31-42(68)48(36(5)8-2)63-56(75)81-34-37-14-17-40(18-15-37)59-52(72)41(12-10-11-22-57)60-53(73)47(35(3)4)61-44(69)21-25-77-27-29-79-30-28-78-26-23-66-45(70)19-20-46(66)71/h13-20,32,35-36,41-42,47-48,68H,7-12,21-31,33-34,57H2,1-6H3,(H,59,72)(H,60,73)(H,61,69)(H,62,74)(H,63,75)(H2,58,64,65)/t36-,41-,42?,47-,48-/m0/s1. The topological polar surface area (TPSA) is 345 Å². The summed E-state index contributed by atoms with van der Waals surface area (Å²) >= 11 is 0. The molecule has 0 aliphatic carbocycles. The molecule has 2 aromatic heterocycles. The minimum absolute atomic E-state index is 0.0166. The fourth-order valence-corrected chi connectivity index (χ4v) is 8.52. The van der Waals surface area contributed by atoms with Gasteiger partial charge < -0.3 is 71.4 Å². The van der Waals surface area contributed by atoms with Gasteiger partial charge >= 0.3 is 12.1 Å². The summed E-state index contributed by atoms with van der Waals surface area (Å²) in [4.78, 5) is 90.5. The van der Waals surface area contributed by atoms with E-state index in [1.807, 2.05) is 32.9 Å². The lowest BCUT2D eigenvalue weighted by atomic mass is 9.90. The van der Waals surface area contributed by atoms with Crippen LogP contribution in [0.25, 0.3) is 11.2 Å². The third-order valence-corrected chi connectivity index (χ3v) is 13.4. The zero-order valence-electron chi connectivity index (χ0n) is 47.3. The minimum atomic E-state index is -1.01. The quantitative estimate of drug-likeness (QED) is 0.0236. The molecule has 0 saturated carbocycles. The smallest absolute Gasteiger partial charge is 0.407 e. The summed E-state index contributed by atoms with van der Waals surface area (Å²) in [5, 5.41) is 33.7. The van der Waals surface area contributed by atoms with Gasteiger partial charge in [-0.25, -0.2) is 4.79 Å². The van der Waals surface area contributed by atoms with Gasteiger partial charge in [0.2, 0.25) is 17.7 Å². The van der Waals surface area contributed by atoms with Crippen molar-refractivity contribution in [1.29, 1.82) is 0 Å². The summed E-state index contributed by atoms with van der Waals surface area (Å²) in [6, 6.07) is 9.31. The van der Waals surface area contributed by atoms with E-state index in [4.69, 9.17) is 39.9 Å². The average molecular weight is 1130 g/mol. The van der Waals surface area contributed by atoms with Crippen LogP contribution in [-0.2, 0) is 62.5 Å². The van der Waals surface area contributed by atoms with Gasteiger partial charge in [0.25, 0.3) is 17.8 Å². The van der Waals surface area contributed by atoms with Crippen molar-refractivity contribution in [2.45, 2.75) is 123 Å². The molecule has 0 radical (unpaired) electrons. The summed E-state index contributed by atoms with van der Waals surface area (Å²) in [5.74, 6) is -2.02. The molecule has 1 aliphatic rings. The predicted molar refractivity (Wildman–Crippen MR) is 300 cm³/mol. The number of hydrogen-bond donors (Lipinski definition) is 8. The molecular weight excluding hydrogens is 1050 g/mol. The monoisotopic (exact) mass is 1130 g/mol. The Morgan fingerprint density at radius 1 is 0.790 bits per heavy atom. The normalized spacial score (nSPS) is 14.2. The third-order valence-electron chi connectivity index (χ3n) is 13.4. The number of nitrogens with one attached hydrogen (secondary N) is 4. The van der Waals surface area contributed by atoms with E-state index in [-0.39, 0.29) is 119 Å². The van der Waals surface area contributed by atoms with Gasteiger partial charge in [-0.15, -0.1) is 0 Å². The Morgan fingerprint density at radius 2 is 1.47 bits per heavy atom. The highest BCUT2D eigenvalue weighted by molar-refractivity contribution is 6.12. The number of imidazole rings is 1. The Balaban J connectivity index is 1.07. The zero-order chi connectivity index (χ0) is 58.8. The van der Waals surface area contributed by atoms with Crippen LogP contribution in [0.15, 0.2) is 54.6 Å². The van der Waals surface area contributed by atoms with Crippen LogP contribution in [0.1, 0.15) is 96.3 Å². The van der Waals surface area contributed by atoms with Crippen LogP contribution in [-0.4, -0.2) is 161 Å². The maximum Gasteiger partial charge on any atom is 0.407 e. The van der Waals surface area contributed by atoms with Crippen molar-refractivity contribution in [2.75, 3.05) is 77.5 Å². The Labute approximate surface area is 472 Å². The highest BCUT2D eigenvalue weighted by Gasteiger charge is 2.30. The highest BCUT2D eigenvalue weighted by Crippen LogP contribution is 2.30. The number of anilines is 2. The number of nitrogens with two attached hydrogens (primary N) is 2. The first kappa shape index (κ1) is 64.4. The predicted octanol–water partition coefficient (Wildman–Crippen LogP) is 3.65. The lowest BCUT2D eigenvalue weighted by Crippen LogP contribution is -2.54. The number of aromatic hydroxyl groups is 1. The third kappa shape index (κ3) is 20.2. The van der Waals surface area contributed by atoms with Gasteiger partial charge in [0, 0.05) is 36.2 Å². The summed E-state index contributed by atoms with van der Waals surface area (Å²) < 4.78 is 34.9. The van der Waals surface area contributed by atoms with E-state index in [0.717, 1.165) is 23.3 Å². The summed E-state index contributed by atoms with van der Waals surface area (Å²) in [7, 11) is 1.52. The van der Waals surface area contributed by atoms with Crippen LogP contribution in [0.5, 0.6) is 17.8 Å². The summed E-state index contributed by atoms with van der Waals surface area (Å²) in [6.45, 7) is 11.7. The molecule has 5 atom stereocenters. The second-order valence-electron chi connectivity index (χ2n) is 19.9. The molecule has 0 bridgehead atoms. The lowest BCUT2D eigenvalue weighted by Gasteiger charge is -2.29. The number of imide groups is 1. The van der Waals surface area contributed by atoms with Crippen LogP contribution in [0.3, 0.4) is 0 Å². The number of amides is 6. The number of nitrogen functional groups attached to an aromatic ring is 1. The van der Waals surface area contributed by atoms with Gasteiger partial charge in [-0.3, -0.25) is 33.4 Å². The molecule has 25 nitrogen and oxygen atoms in total. The summed E-state index contributed by atoms with van der Waals surface area (Å²) in [6.07, 6.45) is 4.69. The molecule has 81 heavy (non-hydrogen) atoms. The number of hydrogen-bond acceptors (Lipinski definition) is 19. The number of methoxy groups -OCH3 is 1. The summed E-state index contributed by atoms with van der Waals surface area (Å²) in [5.41, 5.74) is 14.9. The Hall–Kier alpha value is -7.45. The molecule has 4 aromatic rings. The molecule has 444 valence electrons. The largest absolute Gasteiger partial charge is 0.496 e. The molecule has 3 heterocycles. The molecule has 0 fully saturated rings. The van der Waals surface area contributed by atoms with E-state index in [0.29, 0.717) is 67.0 Å². The molecule has 1 unspecified atom stereocenters. The highest BCUT2D eigenvalue weighted by atomic mass is 16.6. The van der Waals surface area contributed by atoms with Gasteiger partial charge in [-0.05, 0) is 73.4 Å². The van der Waals surface area contributed by atoms with Gasteiger partial charge in [0.1, 0.15) is 24.4 Å². The van der Waals surface area contributed by atoms with E-state index >= 15 is 0 Å². The van der Waals surface area contributed by atoms with Crippen molar-refractivity contribution in [3.63, 3.8) is 0 Å². The molecule has 0 spiro atoms. The fraction of sp³-hybridized carbons (Fsp3) is 0.554. The number of aliphatic hydroxyl groups is 1. The number of aromatic nitrogens is 4. The van der Waals surface area contributed by atoms with Crippen molar-refractivity contribution in [1.82, 2.24) is 40.4 Å². The van der Waals surface area contributed by atoms with Crippen molar-refractivity contribution in [2.24, 2.45) is 17.6 Å². The van der Waals surface area contributed by atoms with E-state index in [9.17, 15) is 39.0 Å². The molecule has 10 N–H and O–H groups in total. The first-order chi connectivity index (χ1) is 39.0. The number of carbonyl (C=O) groups is 6. The van der Waals surface area contributed by atoms with Gasteiger partial charge in [0.15, 0.2) is 17.0 Å². The molecule has 0 saturated heterocycles. The minimum Gasteiger partial charge on any atom is -0.496 e. The van der Waals surface area contributed by atoms with Crippen molar-refractivity contribution < 1.29 is 67.4 Å². The van der Waals surface area contributed by atoms with E-state index in [1.54, 1.807) is 44.2 Å². The number of carbonyl (C=O) groups excluding carboxylic acids is 6. The first-order valence-electron chi connectivity index (χ1n) is 27.6. The molecule has 1 aliphatic heterocycles. The number of unbranched alkanes of at least 4 members (excludes halogenated alkanes) is 2. The number of fused-ring (bicyclic) bond motifs is 1. The van der Waals surface area contributed by atoms with Crippen LogP contribution in [0.2, 0.25) is 0 Å². The van der Waals surface area contributed by atoms with Crippen LogP contribution in [0.4, 0.5) is 16.3 Å². The van der Waals surface area contributed by atoms with E-state index in [1.165, 1.54) is 23.8 Å². The number of rotatable bonds is 37. The maximum absolute atomic E-state index is 13.7. The second-order valence-corrected chi connectivity index (χ2v) is 19.9.